The highest BCUT2D eigenvalue weighted by molar-refractivity contribution is 5.93. The molecule has 2 aromatic rings. The van der Waals surface area contributed by atoms with E-state index in [0.29, 0.717) is 11.3 Å². The number of aliphatic imine (C=N–C) groups is 1. The van der Waals surface area contributed by atoms with Crippen molar-refractivity contribution >= 4 is 29.4 Å². The van der Waals surface area contributed by atoms with E-state index in [2.05, 4.69) is 4.99 Å². The highest BCUT2D eigenvalue weighted by Gasteiger charge is 2.28. The van der Waals surface area contributed by atoms with Crippen LogP contribution in [0.5, 0.6) is 5.75 Å². The van der Waals surface area contributed by atoms with E-state index in [1.807, 2.05) is 0 Å². The predicted octanol–water partition coefficient (Wildman–Crippen LogP) is 3.78. The van der Waals surface area contributed by atoms with E-state index in [1.165, 1.54) is 59.6 Å². The average Bonchev–Trinajstić information content (AvgIpc) is 2.68. The Balaban J connectivity index is 1.84. The molecule has 0 radical (unpaired) electrons. The molecule has 0 fully saturated rings. The molecule has 142 valence electrons. The highest BCUT2D eigenvalue weighted by atomic mass is 16.6. The second kappa shape index (κ2) is 7.66. The summed E-state index contributed by atoms with van der Waals surface area (Å²) in [5.41, 5.74) is 0.845. The molecular formula is C18H14N4O6. The molecule has 0 aliphatic carbocycles. The summed E-state index contributed by atoms with van der Waals surface area (Å²) < 4.78 is 5.31. The lowest BCUT2D eigenvalue weighted by atomic mass is 10.1. The van der Waals surface area contributed by atoms with Crippen molar-refractivity contribution in [1.29, 1.82) is 0 Å². The fourth-order valence-electron chi connectivity index (χ4n) is 2.61. The molecule has 1 amide bonds. The monoisotopic (exact) mass is 382 g/mol. The summed E-state index contributed by atoms with van der Waals surface area (Å²) in [6.45, 7) is 1.69. The molecule has 1 atom stereocenters. The number of rotatable bonds is 4. The number of nitrogens with zero attached hydrogens (tertiary/aromatic N) is 4. The zero-order valence-electron chi connectivity index (χ0n) is 14.6. The SMILES string of the molecule is CC1N=CC=C(c2ccc([N+](=O)[O-])cc2)N1C(=O)Oc1ccc([N+](=O)[O-])cc1. The number of non-ortho nitro benzene ring substituents is 2. The Kier molecular flexibility index (Phi) is 5.12. The number of ether oxygens (including phenoxy) is 1. The minimum absolute atomic E-state index is 0.0677. The first-order valence-electron chi connectivity index (χ1n) is 8.10. The lowest BCUT2D eigenvalue weighted by Crippen LogP contribution is -2.39. The van der Waals surface area contributed by atoms with Gasteiger partial charge in [0.2, 0.25) is 0 Å². The summed E-state index contributed by atoms with van der Waals surface area (Å²) in [6.07, 6.45) is 1.83. The Morgan fingerprint density at radius 3 is 2.07 bits per heavy atom. The molecule has 0 spiro atoms. The number of nitro benzene ring substituents is 2. The number of allylic oxidation sites excluding steroid dienone is 1. The van der Waals surface area contributed by atoms with Crippen molar-refractivity contribution in [3.05, 3.63) is 80.4 Å². The minimum atomic E-state index is -0.734. The number of carbonyl (C=O) groups excluding carboxylic acids is 1. The Morgan fingerprint density at radius 1 is 1.00 bits per heavy atom. The second-order valence-corrected chi connectivity index (χ2v) is 5.77. The van der Waals surface area contributed by atoms with E-state index in [1.54, 1.807) is 13.0 Å². The predicted molar refractivity (Wildman–Crippen MR) is 100.0 cm³/mol. The Labute approximate surface area is 158 Å². The van der Waals surface area contributed by atoms with Gasteiger partial charge in [0.05, 0.1) is 15.5 Å². The van der Waals surface area contributed by atoms with Gasteiger partial charge in [-0.3, -0.25) is 30.1 Å². The fourth-order valence-corrected chi connectivity index (χ4v) is 2.61. The quantitative estimate of drug-likeness (QED) is 0.585. The van der Waals surface area contributed by atoms with Crippen molar-refractivity contribution in [1.82, 2.24) is 4.90 Å². The standard InChI is InChI=1S/C18H14N4O6/c1-12-19-11-10-17(13-2-4-14(5-3-13)21(24)25)20(12)18(23)28-16-8-6-15(7-9-16)22(26)27/h2-12H,1H3. The van der Waals surface area contributed by atoms with Crippen LogP contribution in [0.25, 0.3) is 5.70 Å². The van der Waals surface area contributed by atoms with E-state index in [-0.39, 0.29) is 17.1 Å². The van der Waals surface area contributed by atoms with Gasteiger partial charge in [-0.1, -0.05) is 0 Å². The number of benzene rings is 2. The van der Waals surface area contributed by atoms with Crippen molar-refractivity contribution in [3.63, 3.8) is 0 Å². The van der Waals surface area contributed by atoms with Gasteiger partial charge in [-0.2, -0.15) is 0 Å². The molecule has 0 saturated heterocycles. The maximum atomic E-state index is 12.7. The van der Waals surface area contributed by atoms with Crippen LogP contribution < -0.4 is 4.74 Å². The second-order valence-electron chi connectivity index (χ2n) is 5.77. The van der Waals surface area contributed by atoms with Crippen molar-refractivity contribution < 1.29 is 19.4 Å². The van der Waals surface area contributed by atoms with Gasteiger partial charge in [0.25, 0.3) is 11.4 Å². The number of hydrogen-bond acceptors (Lipinski definition) is 7. The maximum absolute atomic E-state index is 12.7. The van der Waals surface area contributed by atoms with Crippen molar-refractivity contribution in [2.45, 2.75) is 13.1 Å². The zero-order chi connectivity index (χ0) is 20.3. The topological polar surface area (TPSA) is 128 Å². The van der Waals surface area contributed by atoms with Gasteiger partial charge >= 0.3 is 6.09 Å². The summed E-state index contributed by atoms with van der Waals surface area (Å²) in [4.78, 5) is 38.6. The van der Waals surface area contributed by atoms with Crippen LogP contribution in [-0.4, -0.2) is 33.2 Å². The van der Waals surface area contributed by atoms with Gasteiger partial charge in [-0.25, -0.2) is 4.79 Å². The molecule has 0 N–H and O–H groups in total. The molecule has 1 heterocycles. The summed E-state index contributed by atoms with van der Waals surface area (Å²) in [5, 5.41) is 21.5. The van der Waals surface area contributed by atoms with Crippen LogP contribution in [0, 0.1) is 20.2 Å². The van der Waals surface area contributed by atoms with Gasteiger partial charge < -0.3 is 4.74 Å². The van der Waals surface area contributed by atoms with E-state index < -0.39 is 22.1 Å². The van der Waals surface area contributed by atoms with Crippen LogP contribution in [0.1, 0.15) is 12.5 Å². The molecule has 2 aromatic carbocycles. The van der Waals surface area contributed by atoms with E-state index in [4.69, 9.17) is 4.74 Å². The van der Waals surface area contributed by atoms with Crippen LogP contribution in [0.2, 0.25) is 0 Å². The molecule has 1 aliphatic rings. The van der Waals surface area contributed by atoms with E-state index in [9.17, 15) is 25.0 Å². The summed E-state index contributed by atoms with van der Waals surface area (Å²) in [7, 11) is 0. The summed E-state index contributed by atoms with van der Waals surface area (Å²) in [5.74, 6) is 0.139. The number of hydrogen-bond donors (Lipinski definition) is 0. The van der Waals surface area contributed by atoms with Crippen LogP contribution >= 0.6 is 0 Å². The lowest BCUT2D eigenvalue weighted by Gasteiger charge is -2.30. The molecule has 1 unspecified atom stereocenters. The lowest BCUT2D eigenvalue weighted by molar-refractivity contribution is -0.385. The Morgan fingerprint density at radius 2 is 1.54 bits per heavy atom. The highest BCUT2D eigenvalue weighted by Crippen LogP contribution is 2.28. The van der Waals surface area contributed by atoms with Gasteiger partial charge in [-0.15, -0.1) is 0 Å². The van der Waals surface area contributed by atoms with Crippen LogP contribution in [-0.2, 0) is 0 Å². The van der Waals surface area contributed by atoms with Crippen molar-refractivity contribution in [3.8, 4) is 5.75 Å². The third-order valence-corrected chi connectivity index (χ3v) is 3.99. The number of nitro groups is 2. The molecular weight excluding hydrogens is 368 g/mol. The molecule has 0 bridgehead atoms. The van der Waals surface area contributed by atoms with E-state index >= 15 is 0 Å². The van der Waals surface area contributed by atoms with Crippen LogP contribution in [0.4, 0.5) is 16.2 Å². The molecule has 1 aliphatic heterocycles. The largest absolute Gasteiger partial charge is 0.421 e. The number of carbonyl (C=O) groups is 1. The van der Waals surface area contributed by atoms with Gasteiger partial charge in [-0.05, 0) is 42.8 Å². The van der Waals surface area contributed by atoms with Crippen molar-refractivity contribution in [2.75, 3.05) is 0 Å². The van der Waals surface area contributed by atoms with Gasteiger partial charge in [0.15, 0.2) is 0 Å². The Bertz CT molecular complexity index is 982. The normalized spacial score (nSPS) is 15.7. The first-order chi connectivity index (χ1) is 13.4. The fraction of sp³-hybridized carbons (Fsp3) is 0.111. The average molecular weight is 382 g/mol. The first kappa shape index (κ1) is 18.7. The molecule has 0 saturated carbocycles. The smallest absolute Gasteiger partial charge is 0.410 e. The van der Waals surface area contributed by atoms with Crippen LogP contribution in [0.3, 0.4) is 0 Å². The van der Waals surface area contributed by atoms with Gasteiger partial charge in [0.1, 0.15) is 11.9 Å². The van der Waals surface area contributed by atoms with Crippen LogP contribution in [0.15, 0.2) is 59.6 Å². The minimum Gasteiger partial charge on any atom is -0.410 e. The number of amides is 1. The van der Waals surface area contributed by atoms with Crippen molar-refractivity contribution in [2.24, 2.45) is 4.99 Å². The molecule has 0 aromatic heterocycles. The third kappa shape index (κ3) is 3.85. The molecule has 10 nitrogen and oxygen atoms in total. The Hall–Kier alpha value is -4.08. The third-order valence-electron chi connectivity index (χ3n) is 3.99. The molecule has 10 heteroatoms. The molecule has 28 heavy (non-hydrogen) atoms. The summed E-state index contributed by atoms with van der Waals surface area (Å²) in [6, 6.07) is 10.8. The molecule has 3 rings (SSSR count). The maximum Gasteiger partial charge on any atom is 0.421 e. The zero-order valence-corrected chi connectivity index (χ0v) is 14.6. The van der Waals surface area contributed by atoms with Gasteiger partial charge in [0, 0.05) is 30.5 Å². The van der Waals surface area contributed by atoms with E-state index in [0.717, 1.165) is 0 Å². The summed E-state index contributed by atoms with van der Waals surface area (Å²) >= 11 is 0. The first-order valence-corrected chi connectivity index (χ1v) is 8.10.